The lowest BCUT2D eigenvalue weighted by Crippen LogP contribution is -2.39. The summed E-state index contributed by atoms with van der Waals surface area (Å²) in [4.78, 5) is 27.5. The first-order valence-electron chi connectivity index (χ1n) is 6.67. The van der Waals surface area contributed by atoms with Crippen LogP contribution in [0, 0.1) is 0 Å². The van der Waals surface area contributed by atoms with E-state index < -0.39 is 12.0 Å². The predicted octanol–water partition coefficient (Wildman–Crippen LogP) is 1.61. The van der Waals surface area contributed by atoms with Gasteiger partial charge in [0, 0.05) is 16.6 Å². The first kappa shape index (κ1) is 16.0. The van der Waals surface area contributed by atoms with Gasteiger partial charge in [-0.15, -0.1) is 11.3 Å². The Bertz CT molecular complexity index is 667. The minimum atomic E-state index is -0.673. The second-order valence-corrected chi connectivity index (χ2v) is 5.61. The monoisotopic (exact) mass is 319 g/mol. The zero-order chi connectivity index (χ0) is 16.1. The van der Waals surface area contributed by atoms with E-state index in [1.165, 1.54) is 18.4 Å². The molecule has 1 aromatic carbocycles. The largest absolute Gasteiger partial charge is 0.467 e. The summed E-state index contributed by atoms with van der Waals surface area (Å²) in [5.41, 5.74) is 7.95. The average Bonchev–Trinajstić information content (AvgIpc) is 2.95. The van der Waals surface area contributed by atoms with E-state index in [1.807, 2.05) is 17.5 Å². The molecule has 1 unspecified atom stereocenters. The van der Waals surface area contributed by atoms with Crippen molar-refractivity contribution in [3.8, 4) is 10.6 Å². The van der Waals surface area contributed by atoms with Crippen LogP contribution < -0.4 is 11.1 Å². The normalized spacial score (nSPS) is 11.7. The second kappa shape index (κ2) is 7.04. The number of hydrogen-bond acceptors (Lipinski definition) is 6. The molecule has 0 bridgehead atoms. The lowest BCUT2D eigenvalue weighted by molar-refractivity contribution is -0.144. The van der Waals surface area contributed by atoms with Crippen LogP contribution in [0.1, 0.15) is 12.6 Å². The Morgan fingerprint density at radius 1 is 1.36 bits per heavy atom. The van der Waals surface area contributed by atoms with Crippen LogP contribution in [-0.4, -0.2) is 30.0 Å². The number of nitrogens with zero attached hydrogens (tertiary/aromatic N) is 1. The van der Waals surface area contributed by atoms with Gasteiger partial charge in [0.15, 0.2) is 0 Å². The number of thiazole rings is 1. The van der Waals surface area contributed by atoms with Gasteiger partial charge in [-0.25, -0.2) is 9.78 Å². The minimum absolute atomic E-state index is 0.118. The molecule has 0 aliphatic rings. The highest BCUT2D eigenvalue weighted by Gasteiger charge is 2.16. The van der Waals surface area contributed by atoms with Crippen molar-refractivity contribution < 1.29 is 14.3 Å². The third-order valence-corrected chi connectivity index (χ3v) is 3.92. The van der Waals surface area contributed by atoms with Gasteiger partial charge in [-0.3, -0.25) is 4.79 Å². The highest BCUT2D eigenvalue weighted by molar-refractivity contribution is 7.13. The molecule has 3 N–H and O–H groups in total. The molecule has 0 radical (unpaired) electrons. The lowest BCUT2D eigenvalue weighted by atomic mass is 10.2. The minimum Gasteiger partial charge on any atom is -0.467 e. The first-order valence-corrected chi connectivity index (χ1v) is 7.55. The number of nitrogen functional groups attached to an aromatic ring is 1. The summed E-state index contributed by atoms with van der Waals surface area (Å²) in [6, 6.07) is 6.71. The summed E-state index contributed by atoms with van der Waals surface area (Å²) in [7, 11) is 1.28. The Balaban J connectivity index is 1.98. The van der Waals surface area contributed by atoms with E-state index in [-0.39, 0.29) is 12.3 Å². The van der Waals surface area contributed by atoms with Crippen LogP contribution in [0.5, 0.6) is 0 Å². The molecule has 1 atom stereocenters. The van der Waals surface area contributed by atoms with Crippen LogP contribution in [0.15, 0.2) is 29.6 Å². The van der Waals surface area contributed by atoms with Gasteiger partial charge in [0.05, 0.1) is 19.2 Å². The number of methoxy groups -OCH3 is 1. The van der Waals surface area contributed by atoms with Gasteiger partial charge in [0.2, 0.25) is 5.91 Å². The molecular weight excluding hydrogens is 302 g/mol. The zero-order valence-corrected chi connectivity index (χ0v) is 13.1. The van der Waals surface area contributed by atoms with Crippen LogP contribution in [0.4, 0.5) is 5.69 Å². The molecule has 22 heavy (non-hydrogen) atoms. The molecule has 7 heteroatoms. The summed E-state index contributed by atoms with van der Waals surface area (Å²) in [6.07, 6.45) is 0.118. The fourth-order valence-electron chi connectivity index (χ4n) is 1.84. The topological polar surface area (TPSA) is 94.3 Å². The molecule has 0 aliphatic carbocycles. The Labute approximate surface area is 132 Å². The highest BCUT2D eigenvalue weighted by Crippen LogP contribution is 2.24. The highest BCUT2D eigenvalue weighted by atomic mass is 32.1. The van der Waals surface area contributed by atoms with Crippen LogP contribution in [0.2, 0.25) is 0 Å². The van der Waals surface area contributed by atoms with E-state index in [0.29, 0.717) is 11.4 Å². The van der Waals surface area contributed by atoms with Crippen LogP contribution in [-0.2, 0) is 20.7 Å². The van der Waals surface area contributed by atoms with Crippen LogP contribution in [0.25, 0.3) is 10.6 Å². The number of amides is 1. The Morgan fingerprint density at radius 2 is 2.05 bits per heavy atom. The third-order valence-electron chi connectivity index (χ3n) is 2.98. The molecular formula is C15H17N3O3S. The first-order chi connectivity index (χ1) is 10.5. The van der Waals surface area contributed by atoms with Crippen molar-refractivity contribution in [2.24, 2.45) is 0 Å². The average molecular weight is 319 g/mol. The van der Waals surface area contributed by atoms with Crippen molar-refractivity contribution in [3.63, 3.8) is 0 Å². The van der Waals surface area contributed by atoms with Crippen molar-refractivity contribution in [2.75, 3.05) is 12.8 Å². The molecule has 2 rings (SSSR count). The number of anilines is 1. The van der Waals surface area contributed by atoms with Crippen LogP contribution >= 0.6 is 11.3 Å². The smallest absolute Gasteiger partial charge is 0.328 e. The van der Waals surface area contributed by atoms with Crippen molar-refractivity contribution in [1.82, 2.24) is 10.3 Å². The molecule has 116 valence electrons. The molecule has 0 saturated heterocycles. The number of nitrogens with two attached hydrogens (primary N) is 1. The molecule has 1 aromatic heterocycles. The van der Waals surface area contributed by atoms with Crippen molar-refractivity contribution in [2.45, 2.75) is 19.4 Å². The van der Waals surface area contributed by atoms with E-state index >= 15 is 0 Å². The van der Waals surface area contributed by atoms with Crippen molar-refractivity contribution >= 4 is 28.9 Å². The molecule has 0 saturated carbocycles. The van der Waals surface area contributed by atoms with Crippen molar-refractivity contribution in [1.29, 1.82) is 0 Å². The summed E-state index contributed by atoms with van der Waals surface area (Å²) >= 11 is 1.46. The van der Waals surface area contributed by atoms with Gasteiger partial charge >= 0.3 is 5.97 Å². The maximum Gasteiger partial charge on any atom is 0.328 e. The molecule has 0 spiro atoms. The molecule has 0 fully saturated rings. The number of esters is 1. The zero-order valence-electron chi connectivity index (χ0n) is 12.3. The maximum atomic E-state index is 11.9. The summed E-state index contributed by atoms with van der Waals surface area (Å²) in [6.45, 7) is 1.57. The Hall–Kier alpha value is -2.41. The second-order valence-electron chi connectivity index (χ2n) is 4.76. The fraction of sp³-hybridized carbons (Fsp3) is 0.267. The third kappa shape index (κ3) is 4.05. The number of carbonyl (C=O) groups excluding carboxylic acids is 2. The van der Waals surface area contributed by atoms with E-state index in [4.69, 9.17) is 5.73 Å². The standard InChI is InChI=1S/C15H17N3O3S/c1-9(15(20)21-2)17-13(19)7-12-8-22-14(18-12)10-3-5-11(16)6-4-10/h3-6,8-9H,7,16H2,1-2H3,(H,17,19). The quantitative estimate of drug-likeness (QED) is 0.645. The number of ether oxygens (including phenoxy) is 1. The van der Waals surface area contributed by atoms with Crippen molar-refractivity contribution in [3.05, 3.63) is 35.3 Å². The van der Waals surface area contributed by atoms with Gasteiger partial charge in [-0.2, -0.15) is 0 Å². The van der Waals surface area contributed by atoms with E-state index in [2.05, 4.69) is 15.0 Å². The van der Waals surface area contributed by atoms with E-state index in [9.17, 15) is 9.59 Å². The number of nitrogens with one attached hydrogen (secondary N) is 1. The number of benzene rings is 1. The molecule has 6 nitrogen and oxygen atoms in total. The number of aromatic nitrogens is 1. The summed E-state index contributed by atoms with van der Waals surface area (Å²) in [5, 5.41) is 5.22. The van der Waals surface area contributed by atoms with E-state index in [0.717, 1.165) is 10.6 Å². The van der Waals surface area contributed by atoms with Gasteiger partial charge < -0.3 is 15.8 Å². The SMILES string of the molecule is COC(=O)C(C)NC(=O)Cc1csc(-c2ccc(N)cc2)n1. The summed E-state index contributed by atoms with van der Waals surface area (Å²) in [5.74, 6) is -0.749. The maximum absolute atomic E-state index is 11.9. The number of carbonyl (C=O) groups is 2. The van der Waals surface area contributed by atoms with Gasteiger partial charge in [-0.05, 0) is 31.2 Å². The lowest BCUT2D eigenvalue weighted by Gasteiger charge is -2.10. The fourth-order valence-corrected chi connectivity index (χ4v) is 2.66. The Kier molecular flexibility index (Phi) is 5.11. The predicted molar refractivity (Wildman–Crippen MR) is 85.3 cm³/mol. The number of hydrogen-bond donors (Lipinski definition) is 2. The molecule has 0 aliphatic heterocycles. The van der Waals surface area contributed by atoms with E-state index in [1.54, 1.807) is 19.1 Å². The molecule has 1 heterocycles. The molecule has 1 amide bonds. The summed E-state index contributed by atoms with van der Waals surface area (Å²) < 4.78 is 4.56. The number of rotatable bonds is 5. The molecule has 2 aromatic rings. The van der Waals surface area contributed by atoms with Gasteiger partial charge in [-0.1, -0.05) is 0 Å². The van der Waals surface area contributed by atoms with Crippen LogP contribution in [0.3, 0.4) is 0 Å². The Morgan fingerprint density at radius 3 is 2.68 bits per heavy atom. The van der Waals surface area contributed by atoms with Gasteiger partial charge in [0.1, 0.15) is 11.0 Å². The van der Waals surface area contributed by atoms with Gasteiger partial charge in [0.25, 0.3) is 0 Å².